The summed E-state index contributed by atoms with van der Waals surface area (Å²) >= 11 is 6.33. The Balaban J connectivity index is 1.58. The van der Waals surface area contributed by atoms with E-state index in [-0.39, 0.29) is 18.8 Å². The second-order valence-corrected chi connectivity index (χ2v) is 8.60. The molecular formula is C22H22ClF3O7. The first kappa shape index (κ1) is 24.2. The van der Waals surface area contributed by atoms with Crippen LogP contribution in [0.15, 0.2) is 42.5 Å². The van der Waals surface area contributed by atoms with Crippen LogP contribution in [0, 0.1) is 0 Å². The van der Waals surface area contributed by atoms with Gasteiger partial charge in [0.05, 0.1) is 13.2 Å². The fourth-order valence-corrected chi connectivity index (χ4v) is 4.27. The minimum atomic E-state index is -4.43. The Morgan fingerprint density at radius 2 is 1.76 bits per heavy atom. The highest BCUT2D eigenvalue weighted by Gasteiger charge is 2.67. The second kappa shape index (κ2) is 8.70. The summed E-state index contributed by atoms with van der Waals surface area (Å²) in [5, 5.41) is 41.4. The molecule has 2 bridgehead atoms. The quantitative estimate of drug-likeness (QED) is 0.490. The zero-order valence-corrected chi connectivity index (χ0v) is 17.9. The summed E-state index contributed by atoms with van der Waals surface area (Å²) in [5.74, 6) is -1.75. The molecular weight excluding hydrogens is 469 g/mol. The van der Waals surface area contributed by atoms with E-state index in [1.165, 1.54) is 12.1 Å². The lowest BCUT2D eigenvalue weighted by molar-refractivity contribution is -0.329. The van der Waals surface area contributed by atoms with Gasteiger partial charge in [0.15, 0.2) is 6.61 Å². The summed E-state index contributed by atoms with van der Waals surface area (Å²) in [5.41, 5.74) is 0.0448. The zero-order chi connectivity index (χ0) is 24.0. The van der Waals surface area contributed by atoms with Gasteiger partial charge in [-0.2, -0.15) is 13.2 Å². The maximum absolute atomic E-state index is 12.3. The molecule has 0 spiro atoms. The predicted molar refractivity (Wildman–Crippen MR) is 109 cm³/mol. The number of halogens is 4. The molecule has 0 saturated carbocycles. The molecule has 0 unspecified atom stereocenters. The van der Waals surface area contributed by atoms with E-state index in [1.807, 2.05) is 0 Å². The molecule has 4 N–H and O–H groups in total. The maximum Gasteiger partial charge on any atom is 0.422 e. The van der Waals surface area contributed by atoms with E-state index in [0.29, 0.717) is 16.1 Å². The van der Waals surface area contributed by atoms with E-state index in [2.05, 4.69) is 0 Å². The molecule has 33 heavy (non-hydrogen) atoms. The van der Waals surface area contributed by atoms with Gasteiger partial charge in [-0.25, -0.2) is 0 Å². The number of rotatable bonds is 6. The Kier molecular flexibility index (Phi) is 6.38. The first-order chi connectivity index (χ1) is 15.5. The van der Waals surface area contributed by atoms with Crippen molar-refractivity contribution >= 4 is 11.6 Å². The van der Waals surface area contributed by atoms with Crippen LogP contribution in [0.5, 0.6) is 5.75 Å². The van der Waals surface area contributed by atoms with Crippen LogP contribution in [0.3, 0.4) is 0 Å². The van der Waals surface area contributed by atoms with Crippen LogP contribution in [0.25, 0.3) is 0 Å². The van der Waals surface area contributed by atoms with E-state index >= 15 is 0 Å². The molecule has 0 aromatic heterocycles. The van der Waals surface area contributed by atoms with E-state index in [0.717, 1.165) is 5.56 Å². The molecule has 11 heteroatoms. The largest absolute Gasteiger partial charge is 0.484 e. The third-order valence-electron chi connectivity index (χ3n) is 5.90. The van der Waals surface area contributed by atoms with Crippen LogP contribution < -0.4 is 4.74 Å². The average Bonchev–Trinajstić information content (AvgIpc) is 3.17. The van der Waals surface area contributed by atoms with Crippen LogP contribution in [0.1, 0.15) is 16.7 Å². The minimum Gasteiger partial charge on any atom is -0.484 e. The lowest BCUT2D eigenvalue weighted by Crippen LogP contribution is -2.65. The predicted octanol–water partition coefficient (Wildman–Crippen LogP) is 1.90. The maximum atomic E-state index is 12.3. The van der Waals surface area contributed by atoms with Gasteiger partial charge in [0.1, 0.15) is 29.7 Å². The van der Waals surface area contributed by atoms with Gasteiger partial charge in [0, 0.05) is 10.6 Å². The summed E-state index contributed by atoms with van der Waals surface area (Å²) < 4.78 is 53.2. The molecule has 2 aromatic rings. The normalized spacial score (nSPS) is 31.6. The average molecular weight is 491 g/mol. The third-order valence-corrected chi connectivity index (χ3v) is 6.27. The van der Waals surface area contributed by atoms with Crippen molar-refractivity contribution in [2.75, 3.05) is 19.8 Å². The van der Waals surface area contributed by atoms with Gasteiger partial charge in [-0.05, 0) is 41.8 Å². The highest BCUT2D eigenvalue weighted by atomic mass is 35.5. The highest BCUT2D eigenvalue weighted by Crippen LogP contribution is 2.49. The van der Waals surface area contributed by atoms with Gasteiger partial charge >= 0.3 is 6.18 Å². The number of ether oxygens (including phenoxy) is 3. The molecule has 2 aromatic carbocycles. The number of hydrogen-bond donors (Lipinski definition) is 4. The number of alkyl halides is 3. The Labute approximate surface area is 191 Å². The van der Waals surface area contributed by atoms with Gasteiger partial charge in [0.25, 0.3) is 0 Å². The van der Waals surface area contributed by atoms with Gasteiger partial charge in [0.2, 0.25) is 5.79 Å². The summed E-state index contributed by atoms with van der Waals surface area (Å²) in [4.78, 5) is 0. The van der Waals surface area contributed by atoms with Gasteiger partial charge in [-0.15, -0.1) is 0 Å². The smallest absolute Gasteiger partial charge is 0.422 e. The Hall–Kier alpha value is -1.92. The van der Waals surface area contributed by atoms with Crippen molar-refractivity contribution in [3.8, 4) is 5.75 Å². The third kappa shape index (κ3) is 4.44. The van der Waals surface area contributed by atoms with E-state index < -0.39 is 49.1 Å². The Morgan fingerprint density at radius 1 is 1.06 bits per heavy atom. The fourth-order valence-electron chi connectivity index (χ4n) is 4.09. The van der Waals surface area contributed by atoms with Crippen molar-refractivity contribution in [2.45, 2.75) is 42.3 Å². The minimum absolute atomic E-state index is 0.0702. The first-order valence-corrected chi connectivity index (χ1v) is 10.4. The van der Waals surface area contributed by atoms with Crippen LogP contribution in [0.4, 0.5) is 13.2 Å². The molecule has 7 nitrogen and oxygen atoms in total. The van der Waals surface area contributed by atoms with Crippen LogP contribution in [0.2, 0.25) is 5.02 Å². The fraction of sp³-hybridized carbons (Fsp3) is 0.455. The summed E-state index contributed by atoms with van der Waals surface area (Å²) in [6.07, 6.45) is -8.98. The molecule has 4 rings (SSSR count). The molecule has 0 amide bonds. The topological polar surface area (TPSA) is 109 Å². The van der Waals surface area contributed by atoms with Crippen LogP contribution >= 0.6 is 11.6 Å². The van der Waals surface area contributed by atoms with Crippen molar-refractivity contribution in [1.82, 2.24) is 0 Å². The lowest BCUT2D eigenvalue weighted by atomic mass is 9.83. The molecule has 2 aliphatic heterocycles. The number of benzene rings is 2. The van der Waals surface area contributed by atoms with E-state index in [1.54, 1.807) is 30.3 Å². The van der Waals surface area contributed by atoms with Gasteiger partial charge in [-0.3, -0.25) is 0 Å². The van der Waals surface area contributed by atoms with Crippen LogP contribution in [-0.2, 0) is 21.7 Å². The van der Waals surface area contributed by atoms with Crippen molar-refractivity contribution in [1.29, 1.82) is 0 Å². The van der Waals surface area contributed by atoms with Gasteiger partial charge in [-0.1, -0.05) is 29.8 Å². The number of aliphatic hydroxyl groups is 4. The molecule has 2 aliphatic rings. The molecule has 0 radical (unpaired) electrons. The zero-order valence-electron chi connectivity index (χ0n) is 17.1. The molecule has 2 heterocycles. The SMILES string of the molecule is OC[C@]12CO[C@](c3ccc(Cl)c(Cc4ccc(OCC(F)(F)F)cc4)c3)(O1)[C@H](O)[C@@H](O)[C@@H]2O. The summed E-state index contributed by atoms with van der Waals surface area (Å²) in [6.45, 7) is -2.28. The van der Waals surface area contributed by atoms with Crippen LogP contribution in [-0.4, -0.2) is 70.3 Å². The standard InChI is InChI=1S/C22H22ClF3O7/c23-16-6-3-14(22-19(30)17(28)18(29)20(9-27,33-22)10-32-22)8-13(16)7-12-1-4-15(5-2-12)31-11-21(24,25)26/h1-6,8,17-19,27-30H,7,9-11H2/t17-,18-,19+,20+,22+/m0/s1. The monoisotopic (exact) mass is 490 g/mol. The van der Waals surface area contributed by atoms with Crippen molar-refractivity contribution in [2.24, 2.45) is 0 Å². The lowest BCUT2D eigenvalue weighted by Gasteiger charge is -2.46. The van der Waals surface area contributed by atoms with E-state index in [9.17, 15) is 33.6 Å². The summed E-state index contributed by atoms with van der Waals surface area (Å²) in [7, 11) is 0. The van der Waals surface area contributed by atoms with Gasteiger partial charge < -0.3 is 34.6 Å². The summed E-state index contributed by atoms with van der Waals surface area (Å²) in [6, 6.07) is 10.7. The first-order valence-electron chi connectivity index (χ1n) is 10.1. The van der Waals surface area contributed by atoms with Crippen molar-refractivity contribution < 1.29 is 47.8 Å². The Morgan fingerprint density at radius 3 is 2.39 bits per heavy atom. The molecule has 5 atom stereocenters. The highest BCUT2D eigenvalue weighted by molar-refractivity contribution is 6.31. The molecule has 2 fully saturated rings. The van der Waals surface area contributed by atoms with Crippen molar-refractivity contribution in [3.05, 3.63) is 64.2 Å². The molecule has 2 saturated heterocycles. The second-order valence-electron chi connectivity index (χ2n) is 8.19. The van der Waals surface area contributed by atoms with Crippen molar-refractivity contribution in [3.63, 3.8) is 0 Å². The number of aliphatic hydroxyl groups excluding tert-OH is 4. The number of fused-ring (bicyclic) bond motifs is 2. The molecule has 0 aliphatic carbocycles. The Bertz CT molecular complexity index is 1000. The number of hydrogen-bond acceptors (Lipinski definition) is 7. The van der Waals surface area contributed by atoms with E-state index in [4.69, 9.17) is 25.8 Å². The molecule has 180 valence electrons.